The van der Waals surface area contributed by atoms with Gasteiger partial charge in [0.25, 0.3) is 0 Å². The molecule has 0 amide bonds. The zero-order valence-corrected chi connectivity index (χ0v) is 12.2. The summed E-state index contributed by atoms with van der Waals surface area (Å²) in [6.07, 6.45) is 0. The predicted molar refractivity (Wildman–Crippen MR) is 42.9 cm³/mol. The maximum Gasteiger partial charge on any atom is 2.00 e. The van der Waals surface area contributed by atoms with Crippen molar-refractivity contribution >= 4 is 64.1 Å². The summed E-state index contributed by atoms with van der Waals surface area (Å²) in [7, 11) is -9.82. The molecule has 0 aromatic rings. The summed E-state index contributed by atoms with van der Waals surface area (Å²) in [5.74, 6) is 0. The van der Waals surface area contributed by atoms with Gasteiger partial charge in [-0.05, 0) is 0 Å². The Morgan fingerprint density at radius 3 is 1.33 bits per heavy atom. The molecule has 0 aliphatic carbocycles. The maximum absolute atomic E-state index is 10.3. The smallest absolute Gasteiger partial charge is 1.00 e. The van der Waals surface area contributed by atoms with Crippen LogP contribution in [0.15, 0.2) is 0 Å². The molecule has 0 saturated heterocycles. The van der Waals surface area contributed by atoms with Crippen molar-refractivity contribution in [2.75, 3.05) is 6.61 Å². The summed E-state index contributed by atoms with van der Waals surface area (Å²) in [6.45, 7) is -1.24. The van der Waals surface area contributed by atoms with Crippen LogP contribution >= 0.6 is 15.2 Å². The van der Waals surface area contributed by atoms with E-state index >= 15 is 0 Å². The standard InChI is InChI=1S/C2H8O7P2.Ba.2H/c3-1-2(10(4,5)6)11(7,8)9;;;/h2-3H,1H2,(H2,4,5,6)(H2,7,8,9);;;/q;+2;2*-1. The monoisotopic (exact) mass is 346 g/mol. The molecule has 0 aromatic carbocycles. The molecule has 0 spiro atoms. The Bertz CT molecular complexity index is 202. The van der Waals surface area contributed by atoms with Crippen molar-refractivity contribution in [1.82, 2.24) is 0 Å². The van der Waals surface area contributed by atoms with Crippen molar-refractivity contribution < 1.29 is 36.7 Å². The average molecular weight is 345 g/mol. The Kier molecular flexibility index (Phi) is 7.66. The third kappa shape index (κ3) is 5.54. The molecule has 0 aliphatic heterocycles. The average Bonchev–Trinajstić information content (AvgIpc) is 1.56. The summed E-state index contributed by atoms with van der Waals surface area (Å²) in [5.41, 5.74) is 0. The van der Waals surface area contributed by atoms with Gasteiger partial charge >= 0.3 is 64.1 Å². The largest absolute Gasteiger partial charge is 2.00 e. The van der Waals surface area contributed by atoms with E-state index in [2.05, 4.69) is 0 Å². The molecule has 0 aliphatic rings. The quantitative estimate of drug-likeness (QED) is 0.310. The van der Waals surface area contributed by atoms with Crippen molar-refractivity contribution in [3.8, 4) is 0 Å². The van der Waals surface area contributed by atoms with Gasteiger partial charge in [-0.2, -0.15) is 0 Å². The van der Waals surface area contributed by atoms with Gasteiger partial charge in [-0.25, -0.2) is 0 Å². The van der Waals surface area contributed by atoms with E-state index in [0.29, 0.717) is 0 Å². The molecule has 72 valence electrons. The Balaban J connectivity index is -0.000000167. The Morgan fingerprint density at radius 1 is 1.08 bits per heavy atom. The van der Waals surface area contributed by atoms with Crippen molar-refractivity contribution in [1.29, 1.82) is 0 Å². The van der Waals surface area contributed by atoms with Gasteiger partial charge < -0.3 is 27.5 Å². The first-order chi connectivity index (χ1) is 4.69. The van der Waals surface area contributed by atoms with Crippen LogP contribution in [0.5, 0.6) is 0 Å². The van der Waals surface area contributed by atoms with E-state index in [9.17, 15) is 9.13 Å². The van der Waals surface area contributed by atoms with E-state index in [1.807, 2.05) is 0 Å². The Labute approximate surface area is 112 Å². The minimum Gasteiger partial charge on any atom is -1.00 e. The maximum atomic E-state index is 10.3. The summed E-state index contributed by atoms with van der Waals surface area (Å²) >= 11 is 0. The molecule has 0 aromatic heterocycles. The zero-order valence-electron chi connectivity index (χ0n) is 7.94. The van der Waals surface area contributed by atoms with Gasteiger partial charge in [-0.3, -0.25) is 9.13 Å². The number of aliphatic hydroxyl groups is 1. The van der Waals surface area contributed by atoms with Gasteiger partial charge in [0.15, 0.2) is 5.40 Å². The first kappa shape index (κ1) is 16.3. The van der Waals surface area contributed by atoms with Crippen LogP contribution < -0.4 is 0 Å². The molecule has 5 N–H and O–H groups in total. The second-order valence-corrected chi connectivity index (χ2v) is 5.85. The number of hydrogen-bond acceptors (Lipinski definition) is 3. The van der Waals surface area contributed by atoms with E-state index in [0.717, 1.165) is 0 Å². The van der Waals surface area contributed by atoms with Crippen LogP contribution in [-0.4, -0.2) is 85.6 Å². The third-order valence-corrected chi connectivity index (χ3v) is 4.62. The Morgan fingerprint density at radius 2 is 1.33 bits per heavy atom. The van der Waals surface area contributed by atoms with Crippen molar-refractivity contribution in [3.05, 3.63) is 0 Å². The first-order valence-corrected chi connectivity index (χ1v) is 5.77. The second-order valence-electron chi connectivity index (χ2n) is 1.84. The summed E-state index contributed by atoms with van der Waals surface area (Å²) < 4.78 is 20.5. The molecule has 0 radical (unpaired) electrons. The third-order valence-electron chi connectivity index (χ3n) is 0.940. The van der Waals surface area contributed by atoms with Crippen LogP contribution in [-0.2, 0) is 9.13 Å². The fourth-order valence-electron chi connectivity index (χ4n) is 0.409. The van der Waals surface area contributed by atoms with Gasteiger partial charge in [-0.15, -0.1) is 0 Å². The van der Waals surface area contributed by atoms with Gasteiger partial charge in [0, 0.05) is 0 Å². The molecule has 0 saturated carbocycles. The molecule has 0 rings (SSSR count). The molecule has 0 bridgehead atoms. The van der Waals surface area contributed by atoms with E-state index in [1.54, 1.807) is 0 Å². The van der Waals surface area contributed by atoms with E-state index in [4.69, 9.17) is 24.7 Å². The predicted octanol–water partition coefficient (Wildman–Crippen LogP) is -1.50. The number of rotatable bonds is 3. The number of aliphatic hydroxyl groups excluding tert-OH is 1. The fraction of sp³-hybridized carbons (Fsp3) is 1.00. The van der Waals surface area contributed by atoms with Gasteiger partial charge in [-0.1, -0.05) is 0 Å². The Hall–Kier alpha value is 1.83. The summed E-state index contributed by atoms with van der Waals surface area (Å²) in [4.78, 5) is 33.1. The molecule has 10 heteroatoms. The van der Waals surface area contributed by atoms with E-state index < -0.39 is 27.2 Å². The van der Waals surface area contributed by atoms with Crippen LogP contribution in [0.3, 0.4) is 0 Å². The summed E-state index contributed by atoms with van der Waals surface area (Å²) in [5, 5.41) is 5.92. The van der Waals surface area contributed by atoms with E-state index in [1.165, 1.54) is 0 Å². The minimum absolute atomic E-state index is 0. The second kappa shape index (κ2) is 5.65. The van der Waals surface area contributed by atoms with Crippen molar-refractivity contribution in [2.45, 2.75) is 5.40 Å². The molecule has 7 nitrogen and oxygen atoms in total. The van der Waals surface area contributed by atoms with Gasteiger partial charge in [0.2, 0.25) is 0 Å². The van der Waals surface area contributed by atoms with Gasteiger partial charge in [0.1, 0.15) is 0 Å². The van der Waals surface area contributed by atoms with Crippen LogP contribution in [0.4, 0.5) is 0 Å². The van der Waals surface area contributed by atoms with Crippen molar-refractivity contribution in [3.63, 3.8) is 0 Å². The topological polar surface area (TPSA) is 135 Å². The molecule has 0 atom stereocenters. The molecule has 12 heavy (non-hydrogen) atoms. The summed E-state index contributed by atoms with van der Waals surface area (Å²) in [6, 6.07) is 0. The molecular weight excluding hydrogens is 335 g/mol. The normalized spacial score (nSPS) is 12.8. The van der Waals surface area contributed by atoms with Crippen LogP contribution in [0.1, 0.15) is 2.85 Å². The van der Waals surface area contributed by atoms with Crippen molar-refractivity contribution in [2.24, 2.45) is 0 Å². The van der Waals surface area contributed by atoms with Crippen LogP contribution in [0, 0.1) is 0 Å². The molecular formula is C2H10BaO7P2. The van der Waals surface area contributed by atoms with Crippen LogP contribution in [0.25, 0.3) is 0 Å². The molecule has 0 heterocycles. The fourth-order valence-corrected chi connectivity index (χ4v) is 2.40. The van der Waals surface area contributed by atoms with Crippen LogP contribution in [0.2, 0.25) is 0 Å². The number of hydrogen-bond donors (Lipinski definition) is 5. The minimum atomic E-state index is -4.91. The molecule has 0 fully saturated rings. The molecule has 0 unspecified atom stereocenters. The zero-order chi connectivity index (χ0) is 9.28. The van der Waals surface area contributed by atoms with Gasteiger partial charge in [0.05, 0.1) is 6.61 Å². The van der Waals surface area contributed by atoms with E-state index in [-0.39, 0.29) is 51.7 Å². The SMILES string of the molecule is O=P(O)(O)C(CO)P(=O)(O)O.[Ba+2].[H-].[H-]. The first-order valence-electron chi connectivity index (χ1n) is 2.41.